The van der Waals surface area contributed by atoms with Crippen LogP contribution in [-0.2, 0) is 37.0 Å². The number of carbonyl (C=O) groups excluding carboxylic acids is 2. The topological polar surface area (TPSA) is 134 Å². The van der Waals surface area contributed by atoms with Gasteiger partial charge in [-0.2, -0.15) is 13.2 Å². The van der Waals surface area contributed by atoms with Crippen molar-refractivity contribution in [1.29, 1.82) is 0 Å². The Kier molecular flexibility index (Phi) is 7.40. The molecular formula is C25H23F3N4O6S2. The SMILES string of the molecule is CC1(C)C(=O)N(c2ccc(S(=O)(=O)C(F)(F)F)cc2)C(=O)N1Cc1ccnc(NS(=O)(=O)Cc2ccccc2)c1. The second-order valence-electron chi connectivity index (χ2n) is 9.41. The van der Waals surface area contributed by atoms with Crippen LogP contribution >= 0.6 is 0 Å². The molecule has 1 aliphatic rings. The van der Waals surface area contributed by atoms with Gasteiger partial charge in [-0.15, -0.1) is 0 Å². The number of halogens is 3. The summed E-state index contributed by atoms with van der Waals surface area (Å²) in [5, 5.41) is 0. The zero-order valence-electron chi connectivity index (χ0n) is 21.1. The number of hydrogen-bond donors (Lipinski definition) is 1. The highest BCUT2D eigenvalue weighted by atomic mass is 32.2. The number of pyridine rings is 1. The van der Waals surface area contributed by atoms with Gasteiger partial charge in [-0.1, -0.05) is 30.3 Å². The average molecular weight is 597 g/mol. The molecule has 0 unspecified atom stereocenters. The summed E-state index contributed by atoms with van der Waals surface area (Å²) in [6.07, 6.45) is 1.34. The molecule has 212 valence electrons. The smallest absolute Gasteiger partial charge is 0.305 e. The van der Waals surface area contributed by atoms with Gasteiger partial charge in [0.05, 0.1) is 16.3 Å². The number of anilines is 2. The Morgan fingerprint density at radius 3 is 2.12 bits per heavy atom. The van der Waals surface area contributed by atoms with Crippen LogP contribution < -0.4 is 9.62 Å². The van der Waals surface area contributed by atoms with Gasteiger partial charge in [0.1, 0.15) is 11.4 Å². The molecule has 0 atom stereocenters. The van der Waals surface area contributed by atoms with Gasteiger partial charge in [-0.25, -0.2) is 31.5 Å². The molecule has 0 bridgehead atoms. The molecular weight excluding hydrogens is 573 g/mol. The van der Waals surface area contributed by atoms with Gasteiger partial charge in [0.2, 0.25) is 10.0 Å². The van der Waals surface area contributed by atoms with Crippen LogP contribution in [0.5, 0.6) is 0 Å². The molecule has 3 aromatic rings. The highest BCUT2D eigenvalue weighted by molar-refractivity contribution is 7.92. The lowest BCUT2D eigenvalue weighted by atomic mass is 10.0. The van der Waals surface area contributed by atoms with E-state index < -0.39 is 47.7 Å². The maximum Gasteiger partial charge on any atom is 0.501 e. The molecule has 1 saturated heterocycles. The number of aromatic nitrogens is 1. The molecule has 40 heavy (non-hydrogen) atoms. The minimum Gasteiger partial charge on any atom is -0.305 e. The first-order valence-corrected chi connectivity index (χ1v) is 14.7. The van der Waals surface area contributed by atoms with E-state index in [1.807, 2.05) is 0 Å². The summed E-state index contributed by atoms with van der Waals surface area (Å²) in [7, 11) is -9.42. The van der Waals surface area contributed by atoms with Crippen LogP contribution in [0.2, 0.25) is 0 Å². The van der Waals surface area contributed by atoms with Crippen LogP contribution in [0.15, 0.2) is 77.8 Å². The Balaban J connectivity index is 1.54. The van der Waals surface area contributed by atoms with E-state index in [0.29, 0.717) is 23.3 Å². The normalized spacial score (nSPS) is 15.9. The third-order valence-corrected chi connectivity index (χ3v) is 8.89. The minimum absolute atomic E-state index is 0.00234. The molecule has 0 spiro atoms. The van der Waals surface area contributed by atoms with Gasteiger partial charge in [-0.3, -0.25) is 9.52 Å². The zero-order chi connectivity index (χ0) is 29.5. The van der Waals surface area contributed by atoms with E-state index in [1.165, 1.54) is 37.1 Å². The van der Waals surface area contributed by atoms with E-state index in [1.54, 1.807) is 30.3 Å². The number of sulfonamides is 1. The number of nitrogens with one attached hydrogen (secondary N) is 1. The Labute approximate surface area is 228 Å². The Hall–Kier alpha value is -3.98. The monoisotopic (exact) mass is 596 g/mol. The van der Waals surface area contributed by atoms with E-state index in [2.05, 4.69) is 9.71 Å². The second-order valence-corrected chi connectivity index (χ2v) is 13.1. The lowest BCUT2D eigenvalue weighted by Crippen LogP contribution is -2.43. The first kappa shape index (κ1) is 29.0. The number of alkyl halides is 3. The fourth-order valence-electron chi connectivity index (χ4n) is 4.04. The minimum atomic E-state index is -5.61. The number of hydrogen-bond acceptors (Lipinski definition) is 7. The van der Waals surface area contributed by atoms with E-state index in [4.69, 9.17) is 0 Å². The number of sulfone groups is 1. The molecule has 10 nitrogen and oxygen atoms in total. The highest BCUT2D eigenvalue weighted by Crippen LogP contribution is 2.35. The number of benzene rings is 2. The Morgan fingerprint density at radius 1 is 0.900 bits per heavy atom. The quantitative estimate of drug-likeness (QED) is 0.388. The molecule has 15 heteroatoms. The van der Waals surface area contributed by atoms with Crippen molar-refractivity contribution in [2.45, 2.75) is 42.1 Å². The molecule has 3 amide bonds. The molecule has 4 rings (SSSR count). The number of amides is 3. The lowest BCUT2D eigenvalue weighted by molar-refractivity contribution is -0.123. The Morgan fingerprint density at radius 2 is 1.52 bits per heavy atom. The number of carbonyl (C=O) groups is 2. The second kappa shape index (κ2) is 10.2. The van der Waals surface area contributed by atoms with Crippen LogP contribution in [-0.4, -0.2) is 49.7 Å². The summed E-state index contributed by atoms with van der Waals surface area (Å²) in [4.78, 5) is 31.4. The number of urea groups is 1. The average Bonchev–Trinajstić information content (AvgIpc) is 3.03. The van der Waals surface area contributed by atoms with E-state index in [0.717, 1.165) is 17.0 Å². The third kappa shape index (κ3) is 5.65. The van der Waals surface area contributed by atoms with E-state index >= 15 is 0 Å². The number of nitrogens with zero attached hydrogens (tertiary/aromatic N) is 3. The third-order valence-electron chi connectivity index (χ3n) is 6.16. The van der Waals surface area contributed by atoms with Gasteiger partial charge >= 0.3 is 11.5 Å². The molecule has 2 aromatic carbocycles. The van der Waals surface area contributed by atoms with Gasteiger partial charge in [0.15, 0.2) is 0 Å². The molecule has 2 heterocycles. The van der Waals surface area contributed by atoms with Crippen molar-refractivity contribution in [3.05, 3.63) is 84.1 Å². The summed E-state index contributed by atoms with van der Waals surface area (Å²) in [5.74, 6) is -0.978. The van der Waals surface area contributed by atoms with E-state index in [-0.39, 0.29) is 23.8 Å². The molecule has 1 N–H and O–H groups in total. The van der Waals surface area contributed by atoms with Gasteiger partial charge in [-0.05, 0) is 61.4 Å². The van der Waals surface area contributed by atoms with Crippen LogP contribution in [0, 0.1) is 0 Å². The summed E-state index contributed by atoms with van der Waals surface area (Å²) < 4.78 is 89.5. The first-order valence-electron chi connectivity index (χ1n) is 11.6. The lowest BCUT2D eigenvalue weighted by Gasteiger charge is -2.27. The van der Waals surface area contributed by atoms with Crippen molar-refractivity contribution in [2.24, 2.45) is 0 Å². The first-order chi connectivity index (χ1) is 18.5. The van der Waals surface area contributed by atoms with Crippen LogP contribution in [0.3, 0.4) is 0 Å². The highest BCUT2D eigenvalue weighted by Gasteiger charge is 2.52. The number of rotatable bonds is 8. The predicted octanol–water partition coefficient (Wildman–Crippen LogP) is 4.06. The molecule has 1 fully saturated rings. The van der Waals surface area contributed by atoms with Crippen molar-refractivity contribution in [3.8, 4) is 0 Å². The summed E-state index contributed by atoms with van der Waals surface area (Å²) in [6, 6.07) is 13.9. The Bertz CT molecular complexity index is 1660. The molecule has 1 aromatic heterocycles. The van der Waals surface area contributed by atoms with Gasteiger partial charge in [0, 0.05) is 12.7 Å². The molecule has 0 saturated carbocycles. The fraction of sp³-hybridized carbons (Fsp3) is 0.240. The zero-order valence-corrected chi connectivity index (χ0v) is 22.7. The summed E-state index contributed by atoms with van der Waals surface area (Å²) >= 11 is 0. The molecule has 1 aliphatic heterocycles. The van der Waals surface area contributed by atoms with Gasteiger partial charge in [0.25, 0.3) is 15.7 Å². The van der Waals surface area contributed by atoms with E-state index in [9.17, 15) is 39.6 Å². The van der Waals surface area contributed by atoms with Crippen molar-refractivity contribution >= 4 is 43.3 Å². The van der Waals surface area contributed by atoms with Crippen LogP contribution in [0.1, 0.15) is 25.0 Å². The van der Waals surface area contributed by atoms with Crippen LogP contribution in [0.4, 0.5) is 29.5 Å². The molecule has 0 aliphatic carbocycles. The molecule has 0 radical (unpaired) electrons. The van der Waals surface area contributed by atoms with Crippen molar-refractivity contribution in [2.75, 3.05) is 9.62 Å². The summed E-state index contributed by atoms with van der Waals surface area (Å²) in [5.41, 5.74) is -6.01. The summed E-state index contributed by atoms with van der Waals surface area (Å²) in [6.45, 7) is 2.81. The maximum atomic E-state index is 13.3. The fourth-order valence-corrected chi connectivity index (χ4v) is 5.93. The standard InChI is InChI=1S/C25H23F3N4O6S2/c1-24(2)22(33)32(19-8-10-20(11-9-19)40(37,38)25(26,27)28)23(34)31(24)15-18-12-13-29-21(14-18)30-39(35,36)16-17-6-4-3-5-7-17/h3-14H,15-16H2,1-2H3,(H,29,30). The number of imide groups is 1. The van der Waals surface area contributed by atoms with Gasteiger partial charge < -0.3 is 4.90 Å². The largest absolute Gasteiger partial charge is 0.501 e. The predicted molar refractivity (Wildman–Crippen MR) is 139 cm³/mol. The van der Waals surface area contributed by atoms with Crippen LogP contribution in [0.25, 0.3) is 0 Å². The van der Waals surface area contributed by atoms with Crippen molar-refractivity contribution < 1.29 is 39.6 Å². The maximum absolute atomic E-state index is 13.3. The van der Waals surface area contributed by atoms with Crippen molar-refractivity contribution in [1.82, 2.24) is 9.88 Å². The van der Waals surface area contributed by atoms with Crippen molar-refractivity contribution in [3.63, 3.8) is 0 Å².